The molecule has 0 aromatic heterocycles. The molecule has 1 saturated carbocycles. The lowest BCUT2D eigenvalue weighted by molar-refractivity contribution is 0.334. The van der Waals surface area contributed by atoms with Crippen molar-refractivity contribution in [3.05, 3.63) is 35.9 Å². The van der Waals surface area contributed by atoms with Crippen LogP contribution in [0.5, 0.6) is 0 Å². The minimum Gasteiger partial charge on any atom is -0.0622 e. The second-order valence-corrected chi connectivity index (χ2v) is 5.00. The van der Waals surface area contributed by atoms with Gasteiger partial charge in [-0.05, 0) is 42.6 Å². The van der Waals surface area contributed by atoms with Crippen molar-refractivity contribution >= 4 is 0 Å². The van der Waals surface area contributed by atoms with Crippen LogP contribution in [0.2, 0.25) is 0 Å². The van der Waals surface area contributed by atoms with Gasteiger partial charge in [-0.15, -0.1) is 0 Å². The van der Waals surface area contributed by atoms with E-state index in [0.29, 0.717) is 5.41 Å². The highest BCUT2D eigenvalue weighted by Gasteiger charge is 2.44. The molecule has 1 aliphatic rings. The topological polar surface area (TPSA) is 0 Å². The first-order chi connectivity index (χ1) is 6.73. The van der Waals surface area contributed by atoms with E-state index in [-0.39, 0.29) is 0 Å². The van der Waals surface area contributed by atoms with Crippen LogP contribution in [0.25, 0.3) is 0 Å². The van der Waals surface area contributed by atoms with Gasteiger partial charge in [0.05, 0.1) is 0 Å². The Balaban J connectivity index is 1.89. The van der Waals surface area contributed by atoms with Crippen molar-refractivity contribution in [1.82, 2.24) is 0 Å². The largest absolute Gasteiger partial charge is 0.0622 e. The van der Waals surface area contributed by atoms with Gasteiger partial charge in [-0.3, -0.25) is 0 Å². The summed E-state index contributed by atoms with van der Waals surface area (Å²) in [6.45, 7) is 4.75. The Labute approximate surface area is 87.3 Å². The molecule has 0 saturated heterocycles. The summed E-state index contributed by atoms with van der Waals surface area (Å²) in [6.07, 6.45) is 5.56. The van der Waals surface area contributed by atoms with Gasteiger partial charge >= 0.3 is 0 Å². The van der Waals surface area contributed by atoms with Crippen LogP contribution in [0.4, 0.5) is 0 Å². The fourth-order valence-electron chi connectivity index (χ4n) is 2.31. The average Bonchev–Trinajstić information content (AvgIpc) is 2.97. The lowest BCUT2D eigenvalue weighted by atomic mass is 9.86. The van der Waals surface area contributed by atoms with Crippen molar-refractivity contribution in [2.24, 2.45) is 11.3 Å². The van der Waals surface area contributed by atoms with Gasteiger partial charge in [0.15, 0.2) is 0 Å². The van der Waals surface area contributed by atoms with Crippen LogP contribution >= 0.6 is 0 Å². The molecule has 0 atom stereocenters. The molecule has 0 unspecified atom stereocenters. The van der Waals surface area contributed by atoms with Crippen LogP contribution in [0, 0.1) is 11.3 Å². The SMILES string of the molecule is CC(C)C1(CCc2ccccc2)CC1. The Kier molecular flexibility index (Phi) is 2.62. The predicted molar refractivity (Wildman–Crippen MR) is 61.3 cm³/mol. The van der Waals surface area contributed by atoms with Gasteiger partial charge in [-0.25, -0.2) is 0 Å². The summed E-state index contributed by atoms with van der Waals surface area (Å²) in [6, 6.07) is 10.9. The van der Waals surface area contributed by atoms with E-state index in [4.69, 9.17) is 0 Å². The molecule has 1 aromatic carbocycles. The second kappa shape index (κ2) is 3.76. The Morgan fingerprint density at radius 2 is 1.79 bits per heavy atom. The zero-order valence-electron chi connectivity index (χ0n) is 9.29. The molecule has 0 aliphatic heterocycles. The molecule has 0 N–H and O–H groups in total. The van der Waals surface area contributed by atoms with Crippen LogP contribution in [0.3, 0.4) is 0 Å². The first-order valence-corrected chi connectivity index (χ1v) is 5.77. The summed E-state index contributed by atoms with van der Waals surface area (Å²) in [5.74, 6) is 0.867. The van der Waals surface area contributed by atoms with Crippen molar-refractivity contribution in [2.75, 3.05) is 0 Å². The van der Waals surface area contributed by atoms with Gasteiger partial charge in [0.25, 0.3) is 0 Å². The number of benzene rings is 1. The van der Waals surface area contributed by atoms with Crippen molar-refractivity contribution in [2.45, 2.75) is 39.5 Å². The number of hydrogen-bond acceptors (Lipinski definition) is 0. The molecule has 0 spiro atoms. The number of hydrogen-bond donors (Lipinski definition) is 0. The van der Waals surface area contributed by atoms with Gasteiger partial charge in [0.2, 0.25) is 0 Å². The van der Waals surface area contributed by atoms with Crippen LogP contribution in [-0.4, -0.2) is 0 Å². The minimum absolute atomic E-state index is 0.704. The monoisotopic (exact) mass is 188 g/mol. The van der Waals surface area contributed by atoms with E-state index in [1.165, 1.54) is 31.2 Å². The third-order valence-corrected chi connectivity index (χ3v) is 3.87. The van der Waals surface area contributed by atoms with Crippen molar-refractivity contribution in [3.8, 4) is 0 Å². The van der Waals surface area contributed by atoms with E-state index in [2.05, 4.69) is 44.2 Å². The molecule has 76 valence electrons. The third kappa shape index (κ3) is 2.00. The molecule has 0 heteroatoms. The normalized spacial score (nSPS) is 18.5. The second-order valence-electron chi connectivity index (χ2n) is 5.00. The van der Waals surface area contributed by atoms with Gasteiger partial charge < -0.3 is 0 Å². The van der Waals surface area contributed by atoms with E-state index in [1.807, 2.05) is 0 Å². The summed E-state index contributed by atoms with van der Waals surface area (Å²) in [4.78, 5) is 0. The standard InChI is InChI=1S/C14H20/c1-12(2)14(10-11-14)9-8-13-6-4-3-5-7-13/h3-7,12H,8-11H2,1-2H3. The molecule has 14 heavy (non-hydrogen) atoms. The lowest BCUT2D eigenvalue weighted by Crippen LogP contribution is -2.10. The molecule has 0 nitrogen and oxygen atoms in total. The molecular weight excluding hydrogens is 168 g/mol. The lowest BCUT2D eigenvalue weighted by Gasteiger charge is -2.19. The highest BCUT2D eigenvalue weighted by molar-refractivity contribution is 5.15. The summed E-state index contributed by atoms with van der Waals surface area (Å²) < 4.78 is 0. The third-order valence-electron chi connectivity index (χ3n) is 3.87. The molecular formula is C14H20. The number of rotatable bonds is 4. The van der Waals surface area contributed by atoms with Crippen LogP contribution in [0.15, 0.2) is 30.3 Å². The molecule has 0 heterocycles. The first-order valence-electron chi connectivity index (χ1n) is 5.77. The highest BCUT2D eigenvalue weighted by atomic mass is 14.5. The van der Waals surface area contributed by atoms with E-state index in [1.54, 1.807) is 0 Å². The Morgan fingerprint density at radius 3 is 2.29 bits per heavy atom. The molecule has 2 rings (SSSR count). The van der Waals surface area contributed by atoms with Crippen molar-refractivity contribution in [1.29, 1.82) is 0 Å². The quantitative estimate of drug-likeness (QED) is 0.668. The zero-order valence-corrected chi connectivity index (χ0v) is 9.29. The predicted octanol–water partition coefficient (Wildman–Crippen LogP) is 4.06. The maximum atomic E-state index is 2.37. The summed E-state index contributed by atoms with van der Waals surface area (Å²) in [7, 11) is 0. The molecule has 0 radical (unpaired) electrons. The van der Waals surface area contributed by atoms with E-state index >= 15 is 0 Å². The van der Waals surface area contributed by atoms with Gasteiger partial charge in [0.1, 0.15) is 0 Å². The van der Waals surface area contributed by atoms with Gasteiger partial charge in [-0.2, -0.15) is 0 Å². The molecule has 1 aromatic rings. The zero-order chi connectivity index (χ0) is 10.0. The van der Waals surface area contributed by atoms with Crippen LogP contribution < -0.4 is 0 Å². The van der Waals surface area contributed by atoms with E-state index in [9.17, 15) is 0 Å². The summed E-state index contributed by atoms with van der Waals surface area (Å²) in [5, 5.41) is 0. The number of aryl methyl sites for hydroxylation is 1. The molecule has 1 aliphatic carbocycles. The Morgan fingerprint density at radius 1 is 1.14 bits per heavy atom. The highest BCUT2D eigenvalue weighted by Crippen LogP contribution is 2.55. The van der Waals surface area contributed by atoms with Crippen molar-refractivity contribution in [3.63, 3.8) is 0 Å². The van der Waals surface area contributed by atoms with E-state index < -0.39 is 0 Å². The summed E-state index contributed by atoms with van der Waals surface area (Å²) >= 11 is 0. The molecule has 1 fully saturated rings. The first kappa shape index (κ1) is 9.76. The minimum atomic E-state index is 0.704. The fourth-order valence-corrected chi connectivity index (χ4v) is 2.31. The van der Waals surface area contributed by atoms with Crippen LogP contribution in [-0.2, 0) is 6.42 Å². The average molecular weight is 188 g/mol. The smallest absolute Gasteiger partial charge is 0.0271 e. The molecule has 0 bridgehead atoms. The van der Waals surface area contributed by atoms with Crippen LogP contribution in [0.1, 0.15) is 38.7 Å². The Hall–Kier alpha value is -0.780. The van der Waals surface area contributed by atoms with Crippen molar-refractivity contribution < 1.29 is 0 Å². The molecule has 0 amide bonds. The van der Waals surface area contributed by atoms with E-state index in [0.717, 1.165) is 5.92 Å². The fraction of sp³-hybridized carbons (Fsp3) is 0.571. The Bertz CT molecular complexity index is 280. The maximum absolute atomic E-state index is 2.37. The maximum Gasteiger partial charge on any atom is -0.0271 e. The van der Waals surface area contributed by atoms with Gasteiger partial charge in [0, 0.05) is 0 Å². The van der Waals surface area contributed by atoms with Gasteiger partial charge in [-0.1, -0.05) is 44.2 Å². The summed E-state index contributed by atoms with van der Waals surface area (Å²) in [5.41, 5.74) is 2.20.